The van der Waals surface area contributed by atoms with E-state index in [1.165, 1.54) is 32.1 Å². The molecule has 0 aromatic carbocycles. The zero-order valence-corrected chi connectivity index (χ0v) is 13.7. The van der Waals surface area contributed by atoms with Crippen LogP contribution < -0.4 is 0 Å². The van der Waals surface area contributed by atoms with Crippen molar-refractivity contribution in [2.24, 2.45) is 23.7 Å². The second-order valence-electron chi connectivity index (χ2n) is 7.04. The van der Waals surface area contributed by atoms with E-state index in [1.807, 2.05) is 6.08 Å². The molecule has 1 heterocycles. The van der Waals surface area contributed by atoms with E-state index in [0.717, 1.165) is 22.4 Å². The first-order valence-corrected chi connectivity index (χ1v) is 9.02. The Morgan fingerprint density at radius 3 is 2.86 bits per heavy atom. The second kappa shape index (κ2) is 5.76. The zero-order valence-electron chi connectivity index (χ0n) is 12.2. The molecular weight excluding hydrogens is 303 g/mol. The van der Waals surface area contributed by atoms with E-state index in [9.17, 15) is 0 Å². The van der Waals surface area contributed by atoms with Crippen LogP contribution in [-0.4, -0.2) is 12.2 Å². The molecule has 4 rings (SSSR count). The molecule has 6 atom stereocenters. The Hall–Kier alpha value is -0.240. The van der Waals surface area contributed by atoms with Gasteiger partial charge in [0.15, 0.2) is 0 Å². The molecule has 1 nitrogen and oxygen atoms in total. The van der Waals surface area contributed by atoms with Crippen LogP contribution in [0.2, 0.25) is 0 Å². The molecule has 1 saturated heterocycles. The molecule has 3 aliphatic carbocycles. The zero-order chi connectivity index (χ0) is 14.4. The number of fused-ring (bicyclic) bond motifs is 3. The molecule has 1 saturated carbocycles. The van der Waals surface area contributed by atoms with Crippen LogP contribution in [0.1, 0.15) is 38.5 Å². The predicted octanol–water partition coefficient (Wildman–Crippen LogP) is 5.40. The average Bonchev–Trinajstić information content (AvgIpc) is 2.83. The smallest absolute Gasteiger partial charge is 0.0648 e. The molecule has 0 aromatic heterocycles. The lowest BCUT2D eigenvalue weighted by Crippen LogP contribution is -2.32. The second-order valence-corrected chi connectivity index (χ2v) is 7.97. The van der Waals surface area contributed by atoms with Crippen molar-refractivity contribution in [2.45, 2.75) is 50.7 Å². The van der Waals surface area contributed by atoms with Gasteiger partial charge in [-0.15, -0.1) is 0 Å². The van der Waals surface area contributed by atoms with Crippen LogP contribution in [0.4, 0.5) is 0 Å². The first-order chi connectivity index (χ1) is 10.2. The third-order valence-electron chi connectivity index (χ3n) is 5.84. The van der Waals surface area contributed by atoms with Crippen molar-refractivity contribution in [3.63, 3.8) is 0 Å². The molecule has 6 unspecified atom stereocenters. The first-order valence-electron chi connectivity index (χ1n) is 8.26. The number of hydrogen-bond donors (Lipinski definition) is 0. The summed E-state index contributed by atoms with van der Waals surface area (Å²) in [5.41, 5.74) is 0. The molecule has 0 bridgehead atoms. The third-order valence-corrected chi connectivity index (χ3v) is 6.34. The summed E-state index contributed by atoms with van der Waals surface area (Å²) in [6, 6.07) is 0. The van der Waals surface area contributed by atoms with Gasteiger partial charge in [0.25, 0.3) is 0 Å². The van der Waals surface area contributed by atoms with Crippen molar-refractivity contribution in [1.82, 2.24) is 0 Å². The maximum atomic E-state index is 6.39. The number of rotatable bonds is 1. The molecule has 0 radical (unpaired) electrons. The van der Waals surface area contributed by atoms with Crippen LogP contribution in [0.3, 0.4) is 0 Å². The number of ether oxygens (including phenoxy) is 1. The normalized spacial score (nSPS) is 45.6. The molecule has 3 heteroatoms. The van der Waals surface area contributed by atoms with Crippen LogP contribution in [0.15, 0.2) is 34.4 Å². The highest BCUT2D eigenvalue weighted by Crippen LogP contribution is 2.49. The molecule has 0 amide bonds. The summed E-state index contributed by atoms with van der Waals surface area (Å²) in [7, 11) is 0. The van der Waals surface area contributed by atoms with E-state index in [4.69, 9.17) is 27.9 Å². The fourth-order valence-electron chi connectivity index (χ4n) is 4.85. The topological polar surface area (TPSA) is 9.23 Å². The van der Waals surface area contributed by atoms with Gasteiger partial charge in [0.1, 0.15) is 0 Å². The SMILES string of the molecule is ClC1=CC(C2CCC3C(C2)OC2CCC=CC23)CC(Cl)=C1. The molecule has 1 aliphatic heterocycles. The van der Waals surface area contributed by atoms with E-state index < -0.39 is 0 Å². The Balaban J connectivity index is 1.46. The summed E-state index contributed by atoms with van der Waals surface area (Å²) in [6.45, 7) is 0. The summed E-state index contributed by atoms with van der Waals surface area (Å²) in [5.74, 6) is 2.60. The maximum Gasteiger partial charge on any atom is 0.0648 e. The minimum Gasteiger partial charge on any atom is -0.374 e. The Morgan fingerprint density at radius 2 is 2.00 bits per heavy atom. The van der Waals surface area contributed by atoms with E-state index in [2.05, 4.69) is 18.2 Å². The lowest BCUT2D eigenvalue weighted by Gasteiger charge is -2.36. The van der Waals surface area contributed by atoms with Gasteiger partial charge in [-0.3, -0.25) is 0 Å². The predicted molar refractivity (Wildman–Crippen MR) is 87.3 cm³/mol. The van der Waals surface area contributed by atoms with Gasteiger partial charge in [-0.05, 0) is 62.4 Å². The van der Waals surface area contributed by atoms with Crippen molar-refractivity contribution in [3.8, 4) is 0 Å². The fourth-order valence-corrected chi connectivity index (χ4v) is 5.49. The van der Waals surface area contributed by atoms with Crippen LogP contribution in [0.25, 0.3) is 0 Å². The molecule has 0 N–H and O–H groups in total. The molecule has 4 aliphatic rings. The Morgan fingerprint density at radius 1 is 1.10 bits per heavy atom. The van der Waals surface area contributed by atoms with Gasteiger partial charge >= 0.3 is 0 Å². The van der Waals surface area contributed by atoms with E-state index in [1.54, 1.807) is 0 Å². The van der Waals surface area contributed by atoms with Gasteiger partial charge in [0, 0.05) is 16.0 Å². The summed E-state index contributed by atoms with van der Waals surface area (Å²) in [4.78, 5) is 0. The van der Waals surface area contributed by atoms with Gasteiger partial charge in [-0.2, -0.15) is 0 Å². The number of halogens is 2. The van der Waals surface area contributed by atoms with Crippen LogP contribution in [0, 0.1) is 23.7 Å². The van der Waals surface area contributed by atoms with Crippen molar-refractivity contribution in [3.05, 3.63) is 34.4 Å². The highest BCUT2D eigenvalue weighted by atomic mass is 35.5. The first kappa shape index (κ1) is 14.4. The van der Waals surface area contributed by atoms with E-state index in [0.29, 0.717) is 30.0 Å². The van der Waals surface area contributed by atoms with Crippen LogP contribution >= 0.6 is 23.2 Å². The minimum absolute atomic E-state index is 0.457. The summed E-state index contributed by atoms with van der Waals surface area (Å²) < 4.78 is 6.39. The minimum atomic E-state index is 0.457. The van der Waals surface area contributed by atoms with E-state index in [-0.39, 0.29) is 0 Å². The Kier molecular flexibility index (Phi) is 3.94. The quantitative estimate of drug-likeness (QED) is 0.586. The lowest BCUT2D eigenvalue weighted by molar-refractivity contribution is -0.00415. The fraction of sp³-hybridized carbons (Fsp3) is 0.667. The summed E-state index contributed by atoms with van der Waals surface area (Å²) in [6.07, 6.45) is 16.9. The molecule has 0 aromatic rings. The average molecular weight is 325 g/mol. The summed E-state index contributed by atoms with van der Waals surface area (Å²) in [5, 5.41) is 1.71. The Labute approximate surface area is 137 Å². The van der Waals surface area contributed by atoms with Crippen LogP contribution in [-0.2, 0) is 4.74 Å². The van der Waals surface area contributed by atoms with Gasteiger partial charge in [-0.1, -0.05) is 41.4 Å². The van der Waals surface area contributed by atoms with Crippen molar-refractivity contribution >= 4 is 23.2 Å². The maximum absolute atomic E-state index is 6.39. The largest absolute Gasteiger partial charge is 0.374 e. The number of allylic oxidation sites excluding steroid dienone is 5. The van der Waals surface area contributed by atoms with Crippen LogP contribution in [0.5, 0.6) is 0 Å². The molecular formula is C18H22Cl2O. The Bertz CT molecular complexity index is 507. The van der Waals surface area contributed by atoms with Crippen molar-refractivity contribution in [1.29, 1.82) is 0 Å². The standard InChI is InChI=1S/C18H22Cl2O/c19-13-7-12(8-14(20)10-13)11-5-6-16-15-3-1-2-4-17(15)21-18(16)9-11/h1,3,7,10-12,15-18H,2,4-6,8-9H2. The van der Waals surface area contributed by atoms with Crippen molar-refractivity contribution in [2.75, 3.05) is 0 Å². The number of hydrogen-bond acceptors (Lipinski definition) is 1. The molecule has 21 heavy (non-hydrogen) atoms. The highest BCUT2D eigenvalue weighted by molar-refractivity contribution is 6.34. The lowest BCUT2D eigenvalue weighted by atomic mass is 9.69. The van der Waals surface area contributed by atoms with Gasteiger partial charge in [0.2, 0.25) is 0 Å². The van der Waals surface area contributed by atoms with Gasteiger partial charge in [0.05, 0.1) is 12.2 Å². The van der Waals surface area contributed by atoms with Crippen molar-refractivity contribution < 1.29 is 4.74 Å². The highest BCUT2D eigenvalue weighted by Gasteiger charge is 2.47. The van der Waals surface area contributed by atoms with Gasteiger partial charge < -0.3 is 4.74 Å². The third kappa shape index (κ3) is 2.73. The molecule has 0 spiro atoms. The molecule has 114 valence electrons. The van der Waals surface area contributed by atoms with Gasteiger partial charge in [-0.25, -0.2) is 0 Å². The molecule has 2 fully saturated rings. The summed E-state index contributed by atoms with van der Waals surface area (Å²) >= 11 is 12.4. The monoisotopic (exact) mass is 324 g/mol. The van der Waals surface area contributed by atoms with E-state index >= 15 is 0 Å².